The van der Waals surface area contributed by atoms with Gasteiger partial charge in [0.2, 0.25) is 0 Å². The summed E-state index contributed by atoms with van der Waals surface area (Å²) in [5.74, 6) is 3.79. The molecule has 11 nitrogen and oxygen atoms in total. The third kappa shape index (κ3) is 8.67. The number of phenols is 1. The van der Waals surface area contributed by atoms with Gasteiger partial charge in [-0.05, 0) is 121 Å². The number of carbonyl (C=O) groups is 3. The number of ketones is 1. The lowest BCUT2D eigenvalue weighted by Crippen LogP contribution is -2.54. The molecular weight excluding hydrogens is 787 g/mol. The van der Waals surface area contributed by atoms with Gasteiger partial charge in [0.25, 0.3) is 0 Å². The van der Waals surface area contributed by atoms with Gasteiger partial charge in [-0.2, -0.15) is 0 Å². The van der Waals surface area contributed by atoms with Crippen molar-refractivity contribution >= 4 is 23.4 Å². The SMILES string of the molecule is CCC[C@]1(O)[C@H]2CCC(=O)[C@@H](Cc3ccc4c(c3)C[C@@H](O)/C(=C3/C[C@@H](c5cc(CO)cc(NC[C@H](C)O)c5)C#C[C@H]5CC(=O)Oc6c5cc(c(O)c6CC)C[C@H]1OC3=O)CC4)C2. The van der Waals surface area contributed by atoms with Crippen molar-refractivity contribution in [2.45, 2.75) is 147 Å². The summed E-state index contributed by atoms with van der Waals surface area (Å²) < 4.78 is 12.6. The maximum absolute atomic E-state index is 15.4. The lowest BCUT2D eigenvalue weighted by molar-refractivity contribution is -0.176. The number of aliphatic hydroxyl groups excluding tert-OH is 3. The van der Waals surface area contributed by atoms with Crippen molar-refractivity contribution in [1.29, 1.82) is 0 Å². The first kappa shape index (κ1) is 43.7. The molecule has 8 atom stereocenters. The Hall–Kier alpha value is -4.99. The molecule has 2 aliphatic carbocycles. The number of esters is 2. The van der Waals surface area contributed by atoms with Crippen molar-refractivity contribution in [2.24, 2.45) is 11.8 Å². The third-order valence-corrected chi connectivity index (χ3v) is 14.0. The minimum Gasteiger partial charge on any atom is -0.507 e. The van der Waals surface area contributed by atoms with E-state index in [1.807, 2.05) is 26.0 Å². The molecular formula is C51H59NO10. The fourth-order valence-corrected chi connectivity index (χ4v) is 10.8. The molecule has 0 spiro atoms. The minimum absolute atomic E-state index is 0.00343. The highest BCUT2D eigenvalue weighted by atomic mass is 16.6. The number of nitrogens with one attached hydrogen (secondary N) is 1. The number of aliphatic hydroxyl groups is 4. The Morgan fingerprint density at radius 1 is 0.919 bits per heavy atom. The van der Waals surface area contributed by atoms with Crippen LogP contribution in [0.4, 0.5) is 5.69 Å². The van der Waals surface area contributed by atoms with Crippen molar-refractivity contribution < 1.29 is 49.4 Å². The average Bonchev–Trinajstić information content (AvgIpc) is 3.40. The molecule has 328 valence electrons. The van der Waals surface area contributed by atoms with Crippen LogP contribution in [0.2, 0.25) is 0 Å². The smallest absolute Gasteiger partial charge is 0.334 e. The topological polar surface area (TPSA) is 183 Å². The molecule has 3 aliphatic heterocycles. The van der Waals surface area contributed by atoms with Gasteiger partial charge in [-0.25, -0.2) is 4.79 Å². The summed E-state index contributed by atoms with van der Waals surface area (Å²) in [5.41, 5.74) is 5.48. The molecule has 11 heteroatoms. The number of carbonyl (C=O) groups excluding carboxylic acids is 3. The summed E-state index contributed by atoms with van der Waals surface area (Å²) in [6.07, 6.45) is 0.824. The van der Waals surface area contributed by atoms with Crippen LogP contribution in [0.5, 0.6) is 11.5 Å². The van der Waals surface area contributed by atoms with Crippen LogP contribution in [0.1, 0.15) is 128 Å². The fourth-order valence-electron chi connectivity index (χ4n) is 10.8. The molecule has 3 aromatic rings. The lowest BCUT2D eigenvalue weighted by atomic mass is 9.66. The van der Waals surface area contributed by atoms with Gasteiger partial charge in [-0.3, -0.25) is 9.59 Å². The summed E-state index contributed by atoms with van der Waals surface area (Å²) in [5, 5.41) is 61.3. The first-order valence-electron chi connectivity index (χ1n) is 22.5. The number of aromatic hydroxyl groups is 1. The van der Waals surface area contributed by atoms with Crippen LogP contribution < -0.4 is 10.1 Å². The third-order valence-electron chi connectivity index (χ3n) is 14.0. The van der Waals surface area contributed by atoms with Crippen LogP contribution in [-0.2, 0) is 57.8 Å². The number of aryl methyl sites for hydroxylation is 1. The van der Waals surface area contributed by atoms with Gasteiger partial charge in [0.1, 0.15) is 29.0 Å². The Bertz CT molecular complexity index is 2350. The van der Waals surface area contributed by atoms with E-state index in [1.165, 1.54) is 0 Å². The number of rotatable bonds is 8. The maximum atomic E-state index is 15.4. The molecule has 9 bridgehead atoms. The Morgan fingerprint density at radius 2 is 1.73 bits per heavy atom. The molecule has 6 N–H and O–H groups in total. The van der Waals surface area contributed by atoms with Gasteiger partial charge in [0, 0.05) is 60.0 Å². The molecule has 62 heavy (non-hydrogen) atoms. The van der Waals surface area contributed by atoms with Crippen molar-refractivity contribution in [3.63, 3.8) is 0 Å². The largest absolute Gasteiger partial charge is 0.507 e. The monoisotopic (exact) mass is 845 g/mol. The van der Waals surface area contributed by atoms with E-state index in [0.717, 1.165) is 16.7 Å². The van der Waals surface area contributed by atoms with E-state index in [2.05, 4.69) is 35.4 Å². The molecule has 0 saturated heterocycles. The Kier molecular flexibility index (Phi) is 12.7. The van der Waals surface area contributed by atoms with E-state index < -0.39 is 53.6 Å². The summed E-state index contributed by atoms with van der Waals surface area (Å²) in [6, 6.07) is 13.5. The number of anilines is 1. The summed E-state index contributed by atoms with van der Waals surface area (Å²) >= 11 is 0. The summed E-state index contributed by atoms with van der Waals surface area (Å²) in [6.45, 7) is 5.45. The second kappa shape index (κ2) is 18.0. The number of ether oxygens (including phenoxy) is 2. The second-order valence-electron chi connectivity index (χ2n) is 18.3. The highest BCUT2D eigenvalue weighted by molar-refractivity contribution is 5.90. The van der Waals surface area contributed by atoms with Crippen LogP contribution >= 0.6 is 0 Å². The van der Waals surface area contributed by atoms with Gasteiger partial charge in [0.05, 0.1) is 31.2 Å². The lowest BCUT2D eigenvalue weighted by Gasteiger charge is -2.45. The van der Waals surface area contributed by atoms with Crippen LogP contribution in [0.15, 0.2) is 53.6 Å². The van der Waals surface area contributed by atoms with Gasteiger partial charge in [-0.1, -0.05) is 56.4 Å². The maximum Gasteiger partial charge on any atom is 0.334 e. The van der Waals surface area contributed by atoms with Crippen molar-refractivity contribution in [2.75, 3.05) is 11.9 Å². The quantitative estimate of drug-likeness (QED) is 0.0864. The van der Waals surface area contributed by atoms with Gasteiger partial charge >= 0.3 is 11.9 Å². The van der Waals surface area contributed by atoms with Gasteiger partial charge in [0.15, 0.2) is 0 Å². The van der Waals surface area contributed by atoms with E-state index in [4.69, 9.17) is 9.47 Å². The molecule has 0 radical (unpaired) electrons. The standard InChI is InChI=1S/C51H59NO10/c1-4-14-51(60)38-11-13-44(55)36(19-38)16-29-6-7-31-10-12-41(45(56)23-35(31)15-29)43-21-32(34-17-30(27-53)18-39(20-34)52-26-28(3)54)8-9-33-25-47(57)62-49-40(5-2)48(58)37(22-42(33)49)24-46(51)61-50(43)59/h6-7,15,17-18,20,22,28,32-33,36,38,45-46,52-54,56,58,60H,4-5,10-14,16,19,21,23-27H2,1-3H3/b43-41-/t28-,32-,33-,36-,38-,45+,46+,51-/m0/s1. The zero-order chi connectivity index (χ0) is 43.9. The number of phenolic OH excluding ortho intramolecular Hbond substituents is 1. The van der Waals surface area contributed by atoms with E-state index in [9.17, 15) is 35.1 Å². The second-order valence-corrected chi connectivity index (χ2v) is 18.3. The summed E-state index contributed by atoms with van der Waals surface area (Å²) in [7, 11) is 0. The Morgan fingerprint density at radius 3 is 2.48 bits per heavy atom. The van der Waals surface area contributed by atoms with E-state index in [0.29, 0.717) is 84.0 Å². The van der Waals surface area contributed by atoms with Crippen molar-refractivity contribution in [3.8, 4) is 23.3 Å². The first-order valence-corrected chi connectivity index (χ1v) is 22.5. The number of Topliss-reactive ketones (excluding diaryl/α,β-unsaturated/α-hetero) is 1. The normalized spacial score (nSPS) is 28.8. The molecule has 1 saturated carbocycles. The number of benzene rings is 3. The molecule has 5 aliphatic rings. The van der Waals surface area contributed by atoms with Crippen molar-refractivity contribution in [3.05, 3.63) is 98.1 Å². The fraction of sp³-hybridized carbons (Fsp3) is 0.510. The number of hydrogen-bond donors (Lipinski definition) is 6. The highest BCUT2D eigenvalue weighted by Crippen LogP contribution is 2.47. The van der Waals surface area contributed by atoms with Crippen LogP contribution in [0, 0.1) is 23.7 Å². The average molecular weight is 846 g/mol. The van der Waals surface area contributed by atoms with Crippen molar-refractivity contribution in [1.82, 2.24) is 0 Å². The number of fused-ring (bicyclic) bond motifs is 9. The number of hydrogen-bond acceptors (Lipinski definition) is 11. The molecule has 0 amide bonds. The molecule has 0 aromatic heterocycles. The molecule has 8 rings (SSSR count). The minimum atomic E-state index is -1.62. The molecule has 3 heterocycles. The molecule has 3 aromatic carbocycles. The van der Waals surface area contributed by atoms with Crippen LogP contribution in [0.3, 0.4) is 0 Å². The Balaban J connectivity index is 1.39. The first-order chi connectivity index (χ1) is 29.8. The van der Waals surface area contributed by atoms with E-state index in [-0.39, 0.29) is 80.4 Å². The highest BCUT2D eigenvalue weighted by Gasteiger charge is 2.49. The zero-order valence-electron chi connectivity index (χ0n) is 36.0. The molecule has 1 fully saturated rings. The summed E-state index contributed by atoms with van der Waals surface area (Å²) in [4.78, 5) is 42.4. The van der Waals surface area contributed by atoms with E-state index in [1.54, 1.807) is 19.1 Å². The van der Waals surface area contributed by atoms with Crippen LogP contribution in [0.25, 0.3) is 0 Å². The van der Waals surface area contributed by atoms with Gasteiger partial charge < -0.3 is 40.3 Å². The van der Waals surface area contributed by atoms with E-state index >= 15 is 4.79 Å². The predicted molar refractivity (Wildman–Crippen MR) is 233 cm³/mol. The predicted octanol–water partition coefficient (Wildman–Crippen LogP) is 6.20. The molecule has 0 unspecified atom stereocenters. The Labute approximate surface area is 363 Å². The van der Waals surface area contributed by atoms with Gasteiger partial charge in [-0.15, -0.1) is 0 Å². The van der Waals surface area contributed by atoms with Crippen LogP contribution in [-0.4, -0.2) is 73.7 Å². The zero-order valence-corrected chi connectivity index (χ0v) is 36.0.